The molecule has 0 atom stereocenters. The number of aromatic amines is 1. The number of fused-ring (bicyclic) bond motifs is 1. The number of nitrogens with one attached hydrogen (secondary N) is 3. The lowest BCUT2D eigenvalue weighted by Gasteiger charge is -2.19. The van der Waals surface area contributed by atoms with Crippen LogP contribution in [0.3, 0.4) is 0 Å². The summed E-state index contributed by atoms with van der Waals surface area (Å²) in [6, 6.07) is 9.71. The molecule has 49 heavy (non-hydrogen) atoms. The van der Waals surface area contributed by atoms with Crippen LogP contribution >= 0.6 is 0 Å². The zero-order valence-electron chi connectivity index (χ0n) is 26.1. The van der Waals surface area contributed by atoms with Crippen LogP contribution in [-0.4, -0.2) is 76.1 Å². The maximum absolute atomic E-state index is 12.3. The number of H-pyrrole nitrogens is 1. The number of amides is 1. The lowest BCUT2D eigenvalue weighted by molar-refractivity contribution is -0.193. The number of pyridine rings is 1. The average molecular weight is 703 g/mol. The third-order valence-corrected chi connectivity index (χ3v) is 6.45. The molecule has 0 spiro atoms. The number of hydrogen-bond acceptors (Lipinski definition) is 9. The zero-order chi connectivity index (χ0) is 36.9. The number of nitrogens with two attached hydrogens (primary N) is 1. The molecule has 0 radical (unpaired) electrons. The molecular formula is C30H32F6N6O7. The van der Waals surface area contributed by atoms with E-state index in [1.807, 2.05) is 24.4 Å². The van der Waals surface area contributed by atoms with Crippen LogP contribution in [0.25, 0.3) is 10.9 Å². The van der Waals surface area contributed by atoms with Gasteiger partial charge in [0.1, 0.15) is 0 Å². The number of benzene rings is 2. The van der Waals surface area contributed by atoms with Gasteiger partial charge in [-0.1, -0.05) is 19.1 Å². The first-order valence-corrected chi connectivity index (χ1v) is 13.9. The van der Waals surface area contributed by atoms with E-state index in [1.165, 1.54) is 11.8 Å². The Morgan fingerprint density at radius 1 is 0.959 bits per heavy atom. The second-order valence-corrected chi connectivity index (χ2v) is 9.67. The number of ether oxygens (including phenoxy) is 2. The number of carbonyl (C=O) groups excluding carboxylic acids is 1. The van der Waals surface area contributed by atoms with Crippen LogP contribution in [0.1, 0.15) is 34.1 Å². The molecule has 4 aromatic rings. The van der Waals surface area contributed by atoms with E-state index in [0.717, 1.165) is 42.9 Å². The topological polar surface area (TPSA) is 202 Å². The van der Waals surface area contributed by atoms with E-state index in [4.69, 9.17) is 35.0 Å². The van der Waals surface area contributed by atoms with Crippen LogP contribution in [0.15, 0.2) is 49.1 Å². The normalized spacial score (nSPS) is 11.0. The van der Waals surface area contributed by atoms with Crippen molar-refractivity contribution < 1.29 is 60.4 Å². The van der Waals surface area contributed by atoms with Crippen LogP contribution in [0.5, 0.6) is 11.5 Å². The lowest BCUT2D eigenvalue weighted by Crippen LogP contribution is -2.21. The number of alkyl halides is 6. The van der Waals surface area contributed by atoms with Gasteiger partial charge in [-0.15, -0.1) is 0 Å². The van der Waals surface area contributed by atoms with Crippen LogP contribution < -0.4 is 25.8 Å². The Kier molecular flexibility index (Phi) is 14.2. The molecule has 266 valence electrons. The minimum atomic E-state index is -5.08. The van der Waals surface area contributed by atoms with Gasteiger partial charge in [0.2, 0.25) is 0 Å². The fourth-order valence-corrected chi connectivity index (χ4v) is 4.18. The molecule has 0 aliphatic rings. The van der Waals surface area contributed by atoms with Crippen LogP contribution in [0.2, 0.25) is 0 Å². The molecule has 1 amide bonds. The molecule has 0 saturated carbocycles. The summed E-state index contributed by atoms with van der Waals surface area (Å²) in [6.07, 6.45) is -3.47. The summed E-state index contributed by atoms with van der Waals surface area (Å²) in [5.74, 6) is -4.98. The van der Waals surface area contributed by atoms with Crippen molar-refractivity contribution in [2.24, 2.45) is 5.73 Å². The van der Waals surface area contributed by atoms with Crippen molar-refractivity contribution in [3.8, 4) is 11.5 Å². The smallest absolute Gasteiger partial charge is 0.490 e. The van der Waals surface area contributed by atoms with Gasteiger partial charge in [-0.25, -0.2) is 14.6 Å². The van der Waals surface area contributed by atoms with E-state index < -0.39 is 30.2 Å². The van der Waals surface area contributed by atoms with Crippen molar-refractivity contribution in [1.29, 1.82) is 0 Å². The third-order valence-electron chi connectivity index (χ3n) is 6.45. The molecule has 0 fully saturated rings. The Morgan fingerprint density at radius 3 is 2.04 bits per heavy atom. The summed E-state index contributed by atoms with van der Waals surface area (Å²) in [6.45, 7) is 3.66. The standard InChI is InChI=1S/C26H30N6O3.2C2HF3O2/c1-4-18-16(12-28-9-8-17-13-29-15-31-17)6-5-7-21(18)32-25-19-10-23(34-2)24(35-3)11-22(19)30-14-20(25)26(27)33;2*3-2(4,5)1(6)7/h5-7,10-11,13-15,28H,4,8-9,12H2,1-3H3,(H2,27,33)(H,29,31)(H,30,32);2*(H,6,7). The monoisotopic (exact) mass is 702 g/mol. The summed E-state index contributed by atoms with van der Waals surface area (Å²) in [5.41, 5.74) is 11.6. The molecule has 0 aliphatic carbocycles. The second-order valence-electron chi connectivity index (χ2n) is 9.67. The van der Waals surface area contributed by atoms with Gasteiger partial charge in [0, 0.05) is 54.7 Å². The highest BCUT2D eigenvalue weighted by atomic mass is 19.4. The molecular weight excluding hydrogens is 670 g/mol. The van der Waals surface area contributed by atoms with E-state index in [1.54, 1.807) is 26.6 Å². The van der Waals surface area contributed by atoms with Gasteiger partial charge in [0.15, 0.2) is 11.5 Å². The molecule has 2 aromatic heterocycles. The Labute approximate surface area is 274 Å². The Hall–Kier alpha value is -5.59. The van der Waals surface area contributed by atoms with Crippen molar-refractivity contribution in [2.45, 2.75) is 38.7 Å². The third kappa shape index (κ3) is 11.6. The first-order valence-electron chi connectivity index (χ1n) is 13.9. The number of aliphatic carboxylic acids is 2. The number of carboxylic acid groups (broad SMARTS) is 2. The number of aromatic nitrogens is 3. The summed E-state index contributed by atoms with van der Waals surface area (Å²) < 4.78 is 74.4. The highest BCUT2D eigenvalue weighted by Gasteiger charge is 2.38. The van der Waals surface area contributed by atoms with Gasteiger partial charge in [0.25, 0.3) is 5.91 Å². The van der Waals surface area contributed by atoms with E-state index >= 15 is 0 Å². The fraction of sp³-hybridized carbons (Fsp3) is 0.300. The van der Waals surface area contributed by atoms with Gasteiger partial charge in [-0.05, 0) is 29.7 Å². The van der Waals surface area contributed by atoms with Gasteiger partial charge in [-0.2, -0.15) is 26.3 Å². The number of carboxylic acids is 2. The molecule has 19 heteroatoms. The molecule has 0 bridgehead atoms. The van der Waals surface area contributed by atoms with Gasteiger partial charge < -0.3 is 41.0 Å². The Bertz CT molecular complexity index is 1710. The van der Waals surface area contributed by atoms with Crippen LogP contribution in [0.4, 0.5) is 37.7 Å². The van der Waals surface area contributed by atoms with Gasteiger partial charge in [-0.3, -0.25) is 9.78 Å². The maximum Gasteiger partial charge on any atom is 0.490 e. The Balaban J connectivity index is 0.000000500. The average Bonchev–Trinajstić information content (AvgIpc) is 3.56. The van der Waals surface area contributed by atoms with E-state index in [0.29, 0.717) is 33.7 Å². The number of primary amides is 1. The van der Waals surface area contributed by atoms with Gasteiger partial charge >= 0.3 is 24.3 Å². The number of nitrogens with zero attached hydrogens (tertiary/aromatic N) is 2. The van der Waals surface area contributed by atoms with Crippen molar-refractivity contribution in [2.75, 3.05) is 26.1 Å². The number of rotatable bonds is 11. The molecule has 2 aromatic carbocycles. The molecule has 0 unspecified atom stereocenters. The van der Waals surface area contributed by atoms with Crippen molar-refractivity contribution in [3.63, 3.8) is 0 Å². The maximum atomic E-state index is 12.3. The molecule has 7 N–H and O–H groups in total. The second kappa shape index (κ2) is 17.5. The predicted molar refractivity (Wildman–Crippen MR) is 164 cm³/mol. The molecule has 0 saturated heterocycles. The quantitative estimate of drug-likeness (QED) is 0.0910. The summed E-state index contributed by atoms with van der Waals surface area (Å²) in [4.78, 5) is 41.7. The van der Waals surface area contributed by atoms with Crippen molar-refractivity contribution in [1.82, 2.24) is 20.3 Å². The number of imidazole rings is 1. The largest absolute Gasteiger partial charge is 0.493 e. The minimum absolute atomic E-state index is 0.301. The molecule has 4 rings (SSSR count). The minimum Gasteiger partial charge on any atom is -0.493 e. The highest BCUT2D eigenvalue weighted by Crippen LogP contribution is 2.38. The summed E-state index contributed by atoms with van der Waals surface area (Å²) in [5, 5.41) is 21.9. The lowest BCUT2D eigenvalue weighted by atomic mass is 10.0. The SMILES string of the molecule is CCc1c(CNCCc2cnc[nH]2)cccc1Nc1c(C(N)=O)cnc2cc(OC)c(OC)cc12.O=C(O)C(F)(F)F.O=C(O)C(F)(F)F. The highest BCUT2D eigenvalue weighted by molar-refractivity contribution is 6.08. The Morgan fingerprint density at radius 2 is 1.55 bits per heavy atom. The summed E-state index contributed by atoms with van der Waals surface area (Å²) in [7, 11) is 3.14. The number of methoxy groups -OCH3 is 2. The van der Waals surface area contributed by atoms with E-state index in [9.17, 15) is 31.1 Å². The number of anilines is 2. The van der Waals surface area contributed by atoms with E-state index in [-0.39, 0.29) is 0 Å². The first-order chi connectivity index (χ1) is 22.9. The first kappa shape index (κ1) is 39.6. The predicted octanol–water partition coefficient (Wildman–Crippen LogP) is 4.98. The van der Waals surface area contributed by atoms with Crippen molar-refractivity contribution >= 4 is 40.1 Å². The van der Waals surface area contributed by atoms with Gasteiger partial charge in [0.05, 0.1) is 37.3 Å². The number of halogens is 6. The fourth-order valence-electron chi connectivity index (χ4n) is 4.18. The number of carbonyl (C=O) groups is 3. The van der Waals surface area contributed by atoms with Crippen molar-refractivity contribution in [3.05, 3.63) is 71.4 Å². The molecule has 2 heterocycles. The summed E-state index contributed by atoms with van der Waals surface area (Å²) >= 11 is 0. The molecule has 0 aliphatic heterocycles. The zero-order valence-corrected chi connectivity index (χ0v) is 26.1. The van der Waals surface area contributed by atoms with Crippen LogP contribution in [-0.2, 0) is 29.0 Å². The van der Waals surface area contributed by atoms with E-state index in [2.05, 4.69) is 38.6 Å². The number of hydrogen-bond donors (Lipinski definition) is 6. The van der Waals surface area contributed by atoms with Crippen LogP contribution in [0, 0.1) is 0 Å². The molecule has 13 nitrogen and oxygen atoms in total.